The van der Waals surface area contributed by atoms with Crippen LogP contribution in [-0.4, -0.2) is 23.1 Å². The maximum atomic E-state index is 13.7. The van der Waals surface area contributed by atoms with Crippen molar-refractivity contribution in [3.63, 3.8) is 0 Å². The van der Waals surface area contributed by atoms with Crippen LogP contribution in [0.2, 0.25) is 0 Å². The van der Waals surface area contributed by atoms with E-state index in [1.165, 1.54) is 12.1 Å². The highest BCUT2D eigenvalue weighted by Crippen LogP contribution is 2.17. The molecule has 0 aliphatic rings. The number of amides is 1. The zero-order chi connectivity index (χ0) is 19.2. The predicted molar refractivity (Wildman–Crippen MR) is 110 cm³/mol. The van der Waals surface area contributed by atoms with Crippen molar-refractivity contribution in [1.82, 2.24) is 4.98 Å². The minimum atomic E-state index is -0.558. The fourth-order valence-corrected chi connectivity index (χ4v) is 2.60. The van der Waals surface area contributed by atoms with Crippen molar-refractivity contribution in [2.45, 2.75) is 0 Å². The Morgan fingerprint density at radius 3 is 2.19 bits per heavy atom. The third-order valence-corrected chi connectivity index (χ3v) is 4.24. The molecule has 3 aromatic rings. The molecule has 2 aromatic carbocycles. The summed E-state index contributed by atoms with van der Waals surface area (Å²) >= 11 is 5.40. The van der Waals surface area contributed by atoms with E-state index in [1.807, 2.05) is 24.1 Å². The molecule has 2 N–H and O–H groups in total. The van der Waals surface area contributed by atoms with E-state index < -0.39 is 11.7 Å². The van der Waals surface area contributed by atoms with Gasteiger partial charge in [-0.2, -0.15) is 0 Å². The van der Waals surface area contributed by atoms with Crippen molar-refractivity contribution in [2.75, 3.05) is 22.6 Å². The molecule has 0 radical (unpaired) electrons. The van der Waals surface area contributed by atoms with Gasteiger partial charge in [-0.25, -0.2) is 4.39 Å². The number of hydrogen-bond donors (Lipinski definition) is 2. The number of pyridine rings is 1. The van der Waals surface area contributed by atoms with Gasteiger partial charge >= 0.3 is 0 Å². The van der Waals surface area contributed by atoms with Crippen LogP contribution in [0, 0.1) is 5.82 Å². The zero-order valence-corrected chi connectivity index (χ0v) is 15.3. The SMILES string of the molecule is CN(C(=S)Nc1ccc(NC(=O)c2ccccc2F)cc1)c1ccncc1. The van der Waals surface area contributed by atoms with Gasteiger partial charge in [0, 0.05) is 36.5 Å². The monoisotopic (exact) mass is 380 g/mol. The number of carbonyl (C=O) groups excluding carboxylic acids is 1. The van der Waals surface area contributed by atoms with Crippen LogP contribution in [0.3, 0.4) is 0 Å². The summed E-state index contributed by atoms with van der Waals surface area (Å²) in [4.78, 5) is 18.0. The second-order valence-corrected chi connectivity index (χ2v) is 6.09. The maximum absolute atomic E-state index is 13.7. The number of nitrogens with zero attached hydrogens (tertiary/aromatic N) is 2. The van der Waals surface area contributed by atoms with Crippen LogP contribution in [0.25, 0.3) is 0 Å². The van der Waals surface area contributed by atoms with Gasteiger partial charge in [-0.15, -0.1) is 0 Å². The topological polar surface area (TPSA) is 57.3 Å². The number of rotatable bonds is 4. The lowest BCUT2D eigenvalue weighted by atomic mass is 10.2. The number of thiocarbonyl (C=S) groups is 1. The predicted octanol–water partition coefficient (Wildman–Crippen LogP) is 4.31. The highest BCUT2D eigenvalue weighted by molar-refractivity contribution is 7.80. The molecule has 1 aromatic heterocycles. The minimum Gasteiger partial charge on any atom is -0.332 e. The smallest absolute Gasteiger partial charge is 0.258 e. The normalized spacial score (nSPS) is 10.1. The average Bonchev–Trinajstić information content (AvgIpc) is 2.69. The molecule has 5 nitrogen and oxygen atoms in total. The molecule has 0 spiro atoms. The highest BCUT2D eigenvalue weighted by Gasteiger charge is 2.11. The summed E-state index contributed by atoms with van der Waals surface area (Å²) in [6.07, 6.45) is 3.39. The summed E-state index contributed by atoms with van der Waals surface area (Å²) in [7, 11) is 1.85. The molecular formula is C20H17FN4OS. The molecule has 1 heterocycles. The Kier molecular flexibility index (Phi) is 5.73. The van der Waals surface area contributed by atoms with E-state index >= 15 is 0 Å². The zero-order valence-electron chi connectivity index (χ0n) is 14.5. The molecule has 0 fully saturated rings. The Morgan fingerprint density at radius 2 is 1.56 bits per heavy atom. The van der Waals surface area contributed by atoms with E-state index in [1.54, 1.807) is 48.8 Å². The number of nitrogens with one attached hydrogen (secondary N) is 2. The van der Waals surface area contributed by atoms with E-state index in [0.717, 1.165) is 11.4 Å². The van der Waals surface area contributed by atoms with Gasteiger partial charge in [-0.05, 0) is 60.7 Å². The maximum Gasteiger partial charge on any atom is 0.258 e. The standard InChI is InChI=1S/C20H17FN4OS/c1-25(16-10-12-22-13-11-16)20(27)24-15-8-6-14(7-9-15)23-19(26)17-4-2-3-5-18(17)21/h2-13H,1H3,(H,23,26)(H,24,27). The van der Waals surface area contributed by atoms with Crippen molar-refractivity contribution in [1.29, 1.82) is 0 Å². The number of aromatic nitrogens is 1. The molecule has 0 bridgehead atoms. The lowest BCUT2D eigenvalue weighted by Crippen LogP contribution is -2.30. The summed E-state index contributed by atoms with van der Waals surface area (Å²) in [5, 5.41) is 6.31. The number of halogens is 1. The Hall–Kier alpha value is -3.32. The Labute approximate surface area is 161 Å². The Morgan fingerprint density at radius 1 is 0.963 bits per heavy atom. The van der Waals surface area contributed by atoms with Crippen LogP contribution < -0.4 is 15.5 Å². The van der Waals surface area contributed by atoms with Gasteiger partial charge in [-0.1, -0.05) is 12.1 Å². The van der Waals surface area contributed by atoms with Gasteiger partial charge in [-0.3, -0.25) is 9.78 Å². The van der Waals surface area contributed by atoms with Crippen LogP contribution in [0.15, 0.2) is 73.1 Å². The van der Waals surface area contributed by atoms with Crippen molar-refractivity contribution >= 4 is 40.3 Å². The fourth-order valence-electron chi connectivity index (χ4n) is 2.37. The quantitative estimate of drug-likeness (QED) is 0.661. The summed E-state index contributed by atoms with van der Waals surface area (Å²) in [6.45, 7) is 0. The van der Waals surface area contributed by atoms with Gasteiger partial charge in [0.2, 0.25) is 0 Å². The van der Waals surface area contributed by atoms with Crippen molar-refractivity contribution in [2.24, 2.45) is 0 Å². The molecule has 136 valence electrons. The first-order valence-corrected chi connectivity index (χ1v) is 8.56. The van der Waals surface area contributed by atoms with Crippen LogP contribution in [0.1, 0.15) is 10.4 Å². The van der Waals surface area contributed by atoms with E-state index in [0.29, 0.717) is 10.8 Å². The van der Waals surface area contributed by atoms with Crippen molar-refractivity contribution < 1.29 is 9.18 Å². The lowest BCUT2D eigenvalue weighted by molar-refractivity contribution is 0.102. The third kappa shape index (κ3) is 4.65. The molecular weight excluding hydrogens is 363 g/mol. The van der Waals surface area contributed by atoms with Gasteiger partial charge in [0.05, 0.1) is 5.56 Å². The first-order valence-electron chi connectivity index (χ1n) is 8.15. The number of benzene rings is 2. The summed E-state index contributed by atoms with van der Waals surface area (Å²) in [5.41, 5.74) is 2.24. The second kappa shape index (κ2) is 8.37. The van der Waals surface area contributed by atoms with E-state index in [9.17, 15) is 9.18 Å². The van der Waals surface area contributed by atoms with E-state index in [-0.39, 0.29) is 5.56 Å². The molecule has 0 aliphatic heterocycles. The molecule has 0 atom stereocenters. The van der Waals surface area contributed by atoms with Gasteiger partial charge < -0.3 is 15.5 Å². The van der Waals surface area contributed by atoms with Gasteiger partial charge in [0.15, 0.2) is 5.11 Å². The van der Waals surface area contributed by atoms with Crippen molar-refractivity contribution in [3.05, 3.63) is 84.4 Å². The van der Waals surface area contributed by atoms with Crippen LogP contribution in [0.4, 0.5) is 21.5 Å². The fraction of sp³-hybridized carbons (Fsp3) is 0.0500. The summed E-state index contributed by atoms with van der Waals surface area (Å²) < 4.78 is 13.7. The Balaban J connectivity index is 1.63. The van der Waals surface area contributed by atoms with Crippen molar-refractivity contribution in [3.8, 4) is 0 Å². The molecule has 7 heteroatoms. The highest BCUT2D eigenvalue weighted by atomic mass is 32.1. The van der Waals surface area contributed by atoms with Gasteiger partial charge in [0.25, 0.3) is 5.91 Å². The molecule has 0 aliphatic carbocycles. The van der Waals surface area contributed by atoms with Crippen LogP contribution >= 0.6 is 12.2 Å². The van der Waals surface area contributed by atoms with Crippen LogP contribution in [0.5, 0.6) is 0 Å². The third-order valence-electron chi connectivity index (χ3n) is 3.87. The average molecular weight is 380 g/mol. The lowest BCUT2D eigenvalue weighted by Gasteiger charge is -2.21. The molecule has 0 saturated carbocycles. The van der Waals surface area contributed by atoms with Crippen LogP contribution in [-0.2, 0) is 0 Å². The first-order chi connectivity index (χ1) is 13.0. The minimum absolute atomic E-state index is 0.000134. The molecule has 27 heavy (non-hydrogen) atoms. The van der Waals surface area contributed by atoms with E-state index in [2.05, 4.69) is 15.6 Å². The molecule has 0 unspecified atom stereocenters. The summed E-state index contributed by atoms with van der Waals surface area (Å²) in [6, 6.07) is 16.6. The number of anilines is 3. The molecule has 1 amide bonds. The molecule has 3 rings (SSSR count). The van der Waals surface area contributed by atoms with Gasteiger partial charge in [0.1, 0.15) is 5.82 Å². The number of carbonyl (C=O) groups is 1. The summed E-state index contributed by atoms with van der Waals surface area (Å²) in [5.74, 6) is -1.06. The molecule has 0 saturated heterocycles. The van der Waals surface area contributed by atoms with E-state index in [4.69, 9.17) is 12.2 Å². The first kappa shape index (κ1) is 18.5. The Bertz CT molecular complexity index is 948. The second-order valence-electron chi connectivity index (χ2n) is 5.71. The number of hydrogen-bond acceptors (Lipinski definition) is 3. The largest absolute Gasteiger partial charge is 0.332 e.